The molecular weight excluding hydrogens is 936 g/mol. The van der Waals surface area contributed by atoms with E-state index in [0.29, 0.717) is 5.92 Å². The quantitative estimate of drug-likeness (QED) is 0.162. The Morgan fingerprint density at radius 1 is 0.408 bits per heavy atom. The molecule has 0 spiro atoms. The van der Waals surface area contributed by atoms with Crippen LogP contribution in [0.5, 0.6) is 0 Å². The van der Waals surface area contributed by atoms with E-state index in [1.54, 1.807) is 0 Å². The molecule has 1 aromatic heterocycles. The van der Waals surface area contributed by atoms with Crippen molar-refractivity contribution in [3.63, 3.8) is 0 Å². The maximum absolute atomic E-state index is 2.77. The Morgan fingerprint density at radius 3 is 1.64 bits per heavy atom. The highest BCUT2D eigenvalue weighted by atomic mass is 32.1. The summed E-state index contributed by atoms with van der Waals surface area (Å²) in [6.07, 6.45) is 6.30. The van der Waals surface area contributed by atoms with Crippen molar-refractivity contribution >= 4 is 88.7 Å². The SMILES string of the molecule is CC1(C)c2ccccc2C(C)(C)c2cc(N3c4cc5c(cc4B4c6c3cc(C3CCCCC3)cc6N(c3ccccc3-c3ccccc3)c3ccc6c(sc7ccccc76)c34)C(C)(C)c3ccccc3C5(C)C)ccc21. The van der Waals surface area contributed by atoms with Gasteiger partial charge in [-0.3, -0.25) is 0 Å². The smallest absolute Gasteiger partial charge is 0.254 e. The fourth-order valence-corrected chi connectivity index (χ4v) is 16.8. The molecule has 9 aromatic carbocycles. The number of fused-ring (bicyclic) bond motifs is 12. The van der Waals surface area contributed by atoms with E-state index in [0.717, 1.165) is 0 Å². The molecule has 10 aromatic rings. The second kappa shape index (κ2) is 16.2. The van der Waals surface area contributed by atoms with Gasteiger partial charge in [-0.05, 0) is 145 Å². The van der Waals surface area contributed by atoms with Crippen LogP contribution in [0.15, 0.2) is 182 Å². The van der Waals surface area contributed by atoms with Crippen molar-refractivity contribution in [1.82, 2.24) is 0 Å². The maximum Gasteiger partial charge on any atom is 0.254 e. The third kappa shape index (κ3) is 6.28. The Morgan fingerprint density at radius 2 is 0.961 bits per heavy atom. The van der Waals surface area contributed by atoms with Crippen molar-refractivity contribution in [2.45, 2.75) is 115 Å². The number of thiophene rings is 1. The van der Waals surface area contributed by atoms with Gasteiger partial charge in [0, 0.05) is 70.4 Å². The van der Waals surface area contributed by atoms with Gasteiger partial charge < -0.3 is 9.80 Å². The predicted molar refractivity (Wildman–Crippen MR) is 326 cm³/mol. The second-order valence-electron chi connectivity index (χ2n) is 25.0. The Labute approximate surface area is 454 Å². The molecule has 1 saturated carbocycles. The minimum Gasteiger partial charge on any atom is -0.311 e. The lowest BCUT2D eigenvalue weighted by Crippen LogP contribution is -2.62. The van der Waals surface area contributed by atoms with Gasteiger partial charge in [-0.1, -0.05) is 208 Å². The first-order valence-electron chi connectivity index (χ1n) is 28.1. The number of hydrogen-bond acceptors (Lipinski definition) is 3. The standard InChI is InChI=1S/C72H65BN2S/c1-69(2)51-29-17-18-30-52(51)70(3,4)56-41-47(35-37-55(56)69)74-62-43-58-57(71(5,6)53-31-19-20-32-54(53)72(58,7)8)42-59(62)73-66-63(74)39-46(44-23-11-9-12-24-44)40-64(66)75(60-33-21-15-27-48(60)45-25-13-10-14-26-45)61-38-36-50-49-28-16-22-34-65(49)76-68(50)67(61)73/h10,13-22,25-44H,9,11-12,23-24H2,1-8H3. The fourth-order valence-electron chi connectivity index (χ4n) is 15.6. The van der Waals surface area contributed by atoms with Crippen molar-refractivity contribution in [1.29, 1.82) is 0 Å². The molecule has 2 nitrogen and oxygen atoms in total. The Hall–Kier alpha value is -7.14. The van der Waals surface area contributed by atoms with Crippen LogP contribution in [0.2, 0.25) is 0 Å². The summed E-state index contributed by atoms with van der Waals surface area (Å²) in [5, 5.41) is 2.68. The maximum atomic E-state index is 2.77. The van der Waals surface area contributed by atoms with Crippen molar-refractivity contribution in [2.75, 3.05) is 9.80 Å². The van der Waals surface area contributed by atoms with E-state index in [-0.39, 0.29) is 28.4 Å². The average molecular weight is 1000 g/mol. The average Bonchev–Trinajstić information content (AvgIpc) is 4.00. The zero-order chi connectivity index (χ0) is 51.6. The summed E-state index contributed by atoms with van der Waals surface area (Å²) in [7, 11) is 0. The molecule has 0 unspecified atom stereocenters. The molecule has 0 saturated heterocycles. The van der Waals surface area contributed by atoms with Crippen LogP contribution in [-0.4, -0.2) is 6.71 Å². The summed E-state index contributed by atoms with van der Waals surface area (Å²) in [4.78, 5) is 5.48. The monoisotopic (exact) mass is 1000 g/mol. The van der Waals surface area contributed by atoms with Crippen LogP contribution in [0, 0.1) is 0 Å². The van der Waals surface area contributed by atoms with Gasteiger partial charge in [0.15, 0.2) is 0 Å². The van der Waals surface area contributed by atoms with E-state index in [4.69, 9.17) is 0 Å². The lowest BCUT2D eigenvalue weighted by Gasteiger charge is -2.49. The largest absolute Gasteiger partial charge is 0.311 e. The third-order valence-electron chi connectivity index (χ3n) is 19.5. The van der Waals surface area contributed by atoms with Crippen LogP contribution in [0.25, 0.3) is 31.3 Å². The van der Waals surface area contributed by atoms with Gasteiger partial charge in [0.1, 0.15) is 0 Å². The van der Waals surface area contributed by atoms with Gasteiger partial charge >= 0.3 is 0 Å². The Balaban J connectivity index is 1.10. The first-order valence-corrected chi connectivity index (χ1v) is 29.0. The third-order valence-corrected chi connectivity index (χ3v) is 20.8. The van der Waals surface area contributed by atoms with Gasteiger partial charge in [-0.15, -0.1) is 11.3 Å². The number of rotatable bonds is 4. The van der Waals surface area contributed by atoms with Crippen molar-refractivity contribution in [3.8, 4) is 11.1 Å². The zero-order valence-electron chi connectivity index (χ0n) is 45.3. The molecule has 76 heavy (non-hydrogen) atoms. The summed E-state index contributed by atoms with van der Waals surface area (Å²) in [6.45, 7) is 19.7. The topological polar surface area (TPSA) is 6.48 Å². The highest BCUT2D eigenvalue weighted by Gasteiger charge is 2.50. The minimum absolute atomic E-state index is 0.0372. The van der Waals surface area contributed by atoms with Gasteiger partial charge in [0.2, 0.25) is 0 Å². The van der Waals surface area contributed by atoms with Crippen LogP contribution in [0.3, 0.4) is 0 Å². The highest BCUT2D eigenvalue weighted by Crippen LogP contribution is 2.56. The molecule has 0 bridgehead atoms. The van der Waals surface area contributed by atoms with Crippen LogP contribution >= 0.6 is 11.3 Å². The summed E-state index contributed by atoms with van der Waals surface area (Å²) in [5.41, 5.74) is 26.4. The number of benzene rings is 9. The first-order chi connectivity index (χ1) is 36.7. The van der Waals surface area contributed by atoms with Crippen molar-refractivity contribution < 1.29 is 0 Å². The number of nitrogens with zero attached hydrogens (tertiary/aromatic N) is 2. The molecule has 15 rings (SSSR count). The van der Waals surface area contributed by atoms with Gasteiger partial charge in [-0.25, -0.2) is 0 Å². The van der Waals surface area contributed by atoms with Crippen LogP contribution in [0.1, 0.15) is 143 Å². The molecule has 0 amide bonds. The van der Waals surface area contributed by atoms with E-state index in [1.807, 2.05) is 11.3 Å². The lowest BCUT2D eigenvalue weighted by atomic mass is 9.33. The number of hydrogen-bond donors (Lipinski definition) is 0. The van der Waals surface area contributed by atoms with Gasteiger partial charge in [0.25, 0.3) is 6.71 Å². The summed E-state index contributed by atoms with van der Waals surface area (Å²) in [6, 6.07) is 71.3. The molecule has 3 heterocycles. The van der Waals surface area contributed by atoms with Crippen LogP contribution in [0.4, 0.5) is 34.1 Å². The van der Waals surface area contributed by atoms with Crippen LogP contribution < -0.4 is 26.2 Å². The Bertz CT molecular complexity index is 4070. The molecule has 0 N–H and O–H groups in total. The molecule has 5 aliphatic rings. The molecular formula is C72H65BN2S. The fraction of sp³-hybridized carbons (Fsp3) is 0.250. The van der Waals surface area contributed by atoms with Crippen molar-refractivity contribution in [3.05, 3.63) is 232 Å². The van der Waals surface area contributed by atoms with E-state index in [2.05, 4.69) is 247 Å². The van der Waals surface area contributed by atoms with E-state index < -0.39 is 0 Å². The van der Waals surface area contributed by atoms with E-state index in [9.17, 15) is 0 Å². The van der Waals surface area contributed by atoms with Gasteiger partial charge in [0.05, 0.1) is 5.69 Å². The lowest BCUT2D eigenvalue weighted by molar-refractivity contribution is 0.444. The predicted octanol–water partition coefficient (Wildman–Crippen LogP) is 17.8. The molecule has 1 fully saturated rings. The van der Waals surface area contributed by atoms with Crippen LogP contribution in [-0.2, 0) is 21.7 Å². The molecule has 372 valence electrons. The van der Waals surface area contributed by atoms with Gasteiger partial charge in [-0.2, -0.15) is 0 Å². The molecule has 2 aliphatic heterocycles. The zero-order valence-corrected chi connectivity index (χ0v) is 46.1. The molecule has 4 heteroatoms. The minimum atomic E-state index is -0.232. The second-order valence-corrected chi connectivity index (χ2v) is 26.1. The number of anilines is 6. The number of para-hydroxylation sites is 1. The van der Waals surface area contributed by atoms with Crippen molar-refractivity contribution in [2.24, 2.45) is 0 Å². The van der Waals surface area contributed by atoms with E-state index >= 15 is 0 Å². The summed E-state index contributed by atoms with van der Waals surface area (Å²) >= 11 is 1.98. The Kier molecular flexibility index (Phi) is 9.84. The summed E-state index contributed by atoms with van der Waals surface area (Å²) < 4.78 is 2.72. The summed E-state index contributed by atoms with van der Waals surface area (Å²) in [5.74, 6) is 0.481. The molecule has 3 aliphatic carbocycles. The molecule has 0 radical (unpaired) electrons. The molecule has 0 atom stereocenters. The highest BCUT2D eigenvalue weighted by molar-refractivity contribution is 7.28. The first kappa shape index (κ1) is 46.2. The van der Waals surface area contributed by atoms with E-state index in [1.165, 1.54) is 164 Å². The normalized spacial score (nSPS) is 18.0.